The van der Waals surface area contributed by atoms with Crippen molar-refractivity contribution in [2.75, 3.05) is 0 Å². The lowest BCUT2D eigenvalue weighted by Crippen LogP contribution is -2.10. The molecule has 2 aromatic rings. The van der Waals surface area contributed by atoms with Crippen LogP contribution in [-0.2, 0) is 0 Å². The van der Waals surface area contributed by atoms with Crippen LogP contribution in [0, 0.1) is 0 Å². The van der Waals surface area contributed by atoms with Gasteiger partial charge in [-0.3, -0.25) is 9.78 Å². The fourth-order valence-electron chi connectivity index (χ4n) is 1.60. The molecule has 0 saturated heterocycles. The Morgan fingerprint density at radius 1 is 1.11 bits per heavy atom. The quantitative estimate of drug-likeness (QED) is 0.853. The summed E-state index contributed by atoms with van der Waals surface area (Å²) in [6.45, 7) is 0. The van der Waals surface area contributed by atoms with Crippen molar-refractivity contribution in [3.05, 3.63) is 53.7 Å². The van der Waals surface area contributed by atoms with Gasteiger partial charge in [-0.05, 0) is 24.3 Å². The van der Waals surface area contributed by atoms with E-state index >= 15 is 0 Å². The molecule has 0 saturated carbocycles. The van der Waals surface area contributed by atoms with Crippen molar-refractivity contribution in [3.8, 4) is 11.3 Å². The lowest BCUT2D eigenvalue weighted by Gasteiger charge is -2.05. The number of carboxylic acids is 1. The number of hydrogen-bond acceptors (Lipinski definition) is 3. The van der Waals surface area contributed by atoms with Crippen molar-refractivity contribution in [3.63, 3.8) is 0 Å². The van der Waals surface area contributed by atoms with Crippen LogP contribution >= 0.6 is 0 Å². The number of primary amides is 1. The molecule has 90 valence electrons. The van der Waals surface area contributed by atoms with Crippen molar-refractivity contribution in [2.45, 2.75) is 0 Å². The van der Waals surface area contributed by atoms with Crippen LogP contribution in [0.3, 0.4) is 0 Å². The van der Waals surface area contributed by atoms with Crippen LogP contribution in [0.1, 0.15) is 20.7 Å². The SMILES string of the molecule is NC(=O)c1ccc(-c2ncccc2C(=O)O)cc1. The molecule has 2 rings (SSSR count). The van der Waals surface area contributed by atoms with Crippen LogP contribution in [0.5, 0.6) is 0 Å². The van der Waals surface area contributed by atoms with E-state index in [-0.39, 0.29) is 5.56 Å². The highest BCUT2D eigenvalue weighted by Crippen LogP contribution is 2.21. The number of nitrogens with zero attached hydrogens (tertiary/aromatic N) is 1. The third-order valence-corrected chi connectivity index (χ3v) is 2.48. The second kappa shape index (κ2) is 4.67. The number of aromatic carboxylic acids is 1. The molecule has 3 N–H and O–H groups in total. The highest BCUT2D eigenvalue weighted by atomic mass is 16.4. The first-order valence-corrected chi connectivity index (χ1v) is 5.18. The van der Waals surface area contributed by atoms with E-state index in [0.717, 1.165) is 0 Å². The first-order chi connectivity index (χ1) is 8.59. The summed E-state index contributed by atoms with van der Waals surface area (Å²) in [7, 11) is 0. The number of carboxylic acid groups (broad SMARTS) is 1. The predicted molar refractivity (Wildman–Crippen MR) is 65.2 cm³/mol. The topological polar surface area (TPSA) is 93.3 Å². The summed E-state index contributed by atoms with van der Waals surface area (Å²) in [6.07, 6.45) is 1.52. The Labute approximate surface area is 103 Å². The maximum atomic E-state index is 11.1. The van der Waals surface area contributed by atoms with E-state index in [1.165, 1.54) is 24.4 Å². The first-order valence-electron chi connectivity index (χ1n) is 5.18. The van der Waals surface area contributed by atoms with Gasteiger partial charge in [-0.2, -0.15) is 0 Å². The molecular formula is C13H10N2O3. The Hall–Kier alpha value is -2.69. The number of rotatable bonds is 3. The van der Waals surface area contributed by atoms with Gasteiger partial charge < -0.3 is 10.8 Å². The minimum atomic E-state index is -1.04. The molecule has 1 heterocycles. The van der Waals surface area contributed by atoms with Crippen LogP contribution in [-0.4, -0.2) is 22.0 Å². The third kappa shape index (κ3) is 2.20. The van der Waals surface area contributed by atoms with E-state index in [9.17, 15) is 9.59 Å². The van der Waals surface area contributed by atoms with Crippen molar-refractivity contribution in [1.29, 1.82) is 0 Å². The predicted octanol–water partition coefficient (Wildman–Crippen LogP) is 1.55. The summed E-state index contributed by atoms with van der Waals surface area (Å²) in [5, 5.41) is 9.06. The van der Waals surface area contributed by atoms with Crippen molar-refractivity contribution < 1.29 is 14.7 Å². The number of aromatic nitrogens is 1. The number of amides is 1. The average molecular weight is 242 g/mol. The molecule has 0 aliphatic heterocycles. The normalized spacial score (nSPS) is 10.0. The van der Waals surface area contributed by atoms with Crippen molar-refractivity contribution >= 4 is 11.9 Å². The Morgan fingerprint density at radius 3 is 2.33 bits per heavy atom. The Balaban J connectivity index is 2.49. The molecule has 0 aliphatic rings. The number of hydrogen-bond donors (Lipinski definition) is 2. The zero-order valence-corrected chi connectivity index (χ0v) is 9.33. The molecule has 18 heavy (non-hydrogen) atoms. The van der Waals surface area contributed by atoms with Crippen LogP contribution in [0.2, 0.25) is 0 Å². The highest BCUT2D eigenvalue weighted by molar-refractivity contribution is 5.96. The van der Waals surface area contributed by atoms with Crippen LogP contribution in [0.4, 0.5) is 0 Å². The molecule has 0 radical (unpaired) electrons. The molecule has 0 spiro atoms. The maximum Gasteiger partial charge on any atom is 0.337 e. The van der Waals surface area contributed by atoms with Crippen molar-refractivity contribution in [2.24, 2.45) is 5.73 Å². The van der Waals surface area contributed by atoms with Crippen LogP contribution in [0.15, 0.2) is 42.6 Å². The number of nitrogens with two attached hydrogens (primary N) is 1. The summed E-state index contributed by atoms with van der Waals surface area (Å²) >= 11 is 0. The van der Waals surface area contributed by atoms with Gasteiger partial charge in [-0.25, -0.2) is 4.79 Å². The molecule has 1 aromatic carbocycles. The van der Waals surface area contributed by atoms with E-state index in [1.807, 2.05) is 0 Å². The Bertz CT molecular complexity index is 606. The second-order valence-corrected chi connectivity index (χ2v) is 3.65. The van der Waals surface area contributed by atoms with Crippen LogP contribution in [0.25, 0.3) is 11.3 Å². The van der Waals surface area contributed by atoms with Gasteiger partial charge in [0.1, 0.15) is 0 Å². The third-order valence-electron chi connectivity index (χ3n) is 2.48. The second-order valence-electron chi connectivity index (χ2n) is 3.65. The maximum absolute atomic E-state index is 11.1. The first kappa shape index (κ1) is 11.8. The van der Waals surface area contributed by atoms with Gasteiger partial charge >= 0.3 is 5.97 Å². The zero-order chi connectivity index (χ0) is 13.1. The molecule has 5 heteroatoms. The fourth-order valence-corrected chi connectivity index (χ4v) is 1.60. The number of benzene rings is 1. The largest absolute Gasteiger partial charge is 0.478 e. The minimum Gasteiger partial charge on any atom is -0.478 e. The van der Waals surface area contributed by atoms with E-state index in [4.69, 9.17) is 10.8 Å². The van der Waals surface area contributed by atoms with E-state index in [0.29, 0.717) is 16.8 Å². The lowest BCUT2D eigenvalue weighted by molar-refractivity contribution is 0.0697. The average Bonchev–Trinajstić information content (AvgIpc) is 2.39. The molecule has 0 aliphatic carbocycles. The molecule has 1 amide bonds. The standard InChI is InChI=1S/C13H10N2O3/c14-12(16)9-5-3-8(4-6-9)11-10(13(17)18)2-1-7-15-11/h1-7H,(H2,14,16)(H,17,18). The summed E-state index contributed by atoms with van der Waals surface area (Å²) in [4.78, 5) is 26.0. The van der Waals surface area contributed by atoms with Gasteiger partial charge in [0.25, 0.3) is 0 Å². The highest BCUT2D eigenvalue weighted by Gasteiger charge is 2.12. The van der Waals surface area contributed by atoms with Crippen LogP contribution < -0.4 is 5.73 Å². The molecule has 0 bridgehead atoms. The summed E-state index contributed by atoms with van der Waals surface area (Å²) in [5.74, 6) is -1.57. The van der Waals surface area contributed by atoms with Gasteiger partial charge in [0.2, 0.25) is 5.91 Å². The fraction of sp³-hybridized carbons (Fsp3) is 0. The van der Waals surface area contributed by atoms with E-state index in [2.05, 4.69) is 4.98 Å². The minimum absolute atomic E-state index is 0.115. The van der Waals surface area contributed by atoms with Gasteiger partial charge in [0, 0.05) is 17.3 Å². The molecule has 0 atom stereocenters. The monoisotopic (exact) mass is 242 g/mol. The van der Waals surface area contributed by atoms with E-state index < -0.39 is 11.9 Å². The number of pyridine rings is 1. The summed E-state index contributed by atoms with van der Waals surface area (Å²) < 4.78 is 0. The lowest BCUT2D eigenvalue weighted by atomic mass is 10.0. The van der Waals surface area contributed by atoms with Gasteiger partial charge in [0.15, 0.2) is 0 Å². The Kier molecular flexibility index (Phi) is 3.05. The smallest absolute Gasteiger partial charge is 0.337 e. The molecule has 0 unspecified atom stereocenters. The zero-order valence-electron chi connectivity index (χ0n) is 9.33. The molecule has 5 nitrogen and oxygen atoms in total. The van der Waals surface area contributed by atoms with Gasteiger partial charge in [0.05, 0.1) is 11.3 Å². The molecule has 1 aromatic heterocycles. The summed E-state index contributed by atoms with van der Waals surface area (Å²) in [5.41, 5.74) is 6.60. The van der Waals surface area contributed by atoms with Crippen molar-refractivity contribution in [1.82, 2.24) is 4.98 Å². The summed E-state index contributed by atoms with van der Waals surface area (Å²) in [6, 6.07) is 9.36. The number of carbonyl (C=O) groups is 2. The Morgan fingerprint density at radius 2 is 1.78 bits per heavy atom. The number of carbonyl (C=O) groups excluding carboxylic acids is 1. The molecule has 0 fully saturated rings. The van der Waals surface area contributed by atoms with Gasteiger partial charge in [-0.1, -0.05) is 12.1 Å². The van der Waals surface area contributed by atoms with Gasteiger partial charge in [-0.15, -0.1) is 0 Å². The van der Waals surface area contributed by atoms with E-state index in [1.54, 1.807) is 18.2 Å². The molecular weight excluding hydrogens is 232 g/mol.